The summed E-state index contributed by atoms with van der Waals surface area (Å²) in [5, 5.41) is 3.57. The van der Waals surface area contributed by atoms with Crippen LogP contribution >= 0.6 is 0 Å². The van der Waals surface area contributed by atoms with Crippen molar-refractivity contribution < 1.29 is 0 Å². The van der Waals surface area contributed by atoms with Crippen LogP contribution in [0, 0.1) is 5.92 Å². The van der Waals surface area contributed by atoms with E-state index in [4.69, 9.17) is 0 Å². The van der Waals surface area contributed by atoms with Gasteiger partial charge in [-0.25, -0.2) is 0 Å². The molecule has 1 rings (SSSR count). The highest BCUT2D eigenvalue weighted by Crippen LogP contribution is 2.24. The van der Waals surface area contributed by atoms with Crippen LogP contribution in [0.25, 0.3) is 0 Å². The maximum Gasteiger partial charge on any atom is 0.0108 e. The van der Waals surface area contributed by atoms with Crippen molar-refractivity contribution in [1.29, 1.82) is 0 Å². The van der Waals surface area contributed by atoms with Crippen molar-refractivity contribution in [2.75, 3.05) is 20.1 Å². The lowest BCUT2D eigenvalue weighted by molar-refractivity contribution is 0.209. The van der Waals surface area contributed by atoms with Gasteiger partial charge in [0.2, 0.25) is 0 Å². The summed E-state index contributed by atoms with van der Waals surface area (Å²) in [6.07, 6.45) is 5.39. The van der Waals surface area contributed by atoms with Crippen molar-refractivity contribution in [3.05, 3.63) is 0 Å². The minimum atomic E-state index is 0.777. The second-order valence-corrected chi connectivity index (χ2v) is 5.17. The topological polar surface area (TPSA) is 15.3 Å². The normalized spacial score (nSPS) is 28.6. The van der Waals surface area contributed by atoms with Crippen molar-refractivity contribution in [2.45, 2.75) is 58.5 Å². The zero-order valence-electron chi connectivity index (χ0n) is 10.9. The predicted octanol–water partition coefficient (Wildman–Crippen LogP) is 2.49. The van der Waals surface area contributed by atoms with Gasteiger partial charge in [0.15, 0.2) is 0 Å². The Morgan fingerprint density at radius 3 is 2.67 bits per heavy atom. The highest BCUT2D eigenvalue weighted by atomic mass is 15.1. The van der Waals surface area contributed by atoms with Gasteiger partial charge in [-0.3, -0.25) is 0 Å². The molecule has 3 unspecified atom stereocenters. The van der Waals surface area contributed by atoms with Gasteiger partial charge in [-0.05, 0) is 38.8 Å². The summed E-state index contributed by atoms with van der Waals surface area (Å²) in [5.41, 5.74) is 0. The monoisotopic (exact) mass is 212 g/mol. The minimum absolute atomic E-state index is 0.777. The number of nitrogens with one attached hydrogen (secondary N) is 1. The van der Waals surface area contributed by atoms with Crippen molar-refractivity contribution in [1.82, 2.24) is 10.2 Å². The van der Waals surface area contributed by atoms with Gasteiger partial charge < -0.3 is 10.2 Å². The lowest BCUT2D eigenvalue weighted by Crippen LogP contribution is -2.35. The summed E-state index contributed by atoms with van der Waals surface area (Å²) in [5.74, 6) is 0.841. The molecule has 90 valence electrons. The lowest BCUT2D eigenvalue weighted by atomic mass is 10.1. The van der Waals surface area contributed by atoms with E-state index in [-0.39, 0.29) is 0 Å². The summed E-state index contributed by atoms with van der Waals surface area (Å²) in [4.78, 5) is 2.57. The molecule has 0 saturated heterocycles. The molecule has 0 spiro atoms. The van der Waals surface area contributed by atoms with Gasteiger partial charge in [-0.2, -0.15) is 0 Å². The summed E-state index contributed by atoms with van der Waals surface area (Å²) >= 11 is 0. The molecule has 2 heteroatoms. The molecule has 0 bridgehead atoms. The van der Waals surface area contributed by atoms with Crippen LogP contribution in [0.1, 0.15) is 46.5 Å². The van der Waals surface area contributed by atoms with Crippen LogP contribution < -0.4 is 5.32 Å². The highest BCUT2D eigenvalue weighted by Gasteiger charge is 2.27. The summed E-state index contributed by atoms with van der Waals surface area (Å²) < 4.78 is 0. The Morgan fingerprint density at radius 2 is 2.07 bits per heavy atom. The van der Waals surface area contributed by atoms with Gasteiger partial charge in [-0.15, -0.1) is 0 Å². The second-order valence-electron chi connectivity index (χ2n) is 5.17. The first-order chi connectivity index (χ1) is 7.17. The fraction of sp³-hybridized carbons (Fsp3) is 1.00. The van der Waals surface area contributed by atoms with Gasteiger partial charge in [0.25, 0.3) is 0 Å². The molecule has 15 heavy (non-hydrogen) atoms. The van der Waals surface area contributed by atoms with Crippen LogP contribution in [-0.2, 0) is 0 Å². The van der Waals surface area contributed by atoms with Crippen LogP contribution in [0.2, 0.25) is 0 Å². The molecule has 0 radical (unpaired) electrons. The second kappa shape index (κ2) is 6.49. The number of nitrogens with zero attached hydrogens (tertiary/aromatic N) is 1. The van der Waals surface area contributed by atoms with Crippen molar-refractivity contribution in [2.24, 2.45) is 5.92 Å². The predicted molar refractivity (Wildman–Crippen MR) is 67.2 cm³/mol. The third-order valence-electron chi connectivity index (χ3n) is 3.82. The third kappa shape index (κ3) is 4.12. The molecule has 0 aromatic rings. The quantitative estimate of drug-likeness (QED) is 0.728. The molecule has 0 aliphatic heterocycles. The van der Waals surface area contributed by atoms with Crippen molar-refractivity contribution in [3.63, 3.8) is 0 Å². The van der Waals surface area contributed by atoms with E-state index < -0.39 is 0 Å². The van der Waals surface area contributed by atoms with E-state index in [1.165, 1.54) is 32.2 Å². The molecule has 0 aromatic heterocycles. The Labute approximate surface area is 95.4 Å². The fourth-order valence-electron chi connectivity index (χ4n) is 2.60. The van der Waals surface area contributed by atoms with E-state index >= 15 is 0 Å². The Kier molecular flexibility index (Phi) is 5.62. The van der Waals surface area contributed by atoms with Crippen LogP contribution in [0.3, 0.4) is 0 Å². The first kappa shape index (κ1) is 13.0. The SMILES string of the molecule is CCNC1CCC(N(C)CC(C)CC)C1. The van der Waals surface area contributed by atoms with E-state index in [0.29, 0.717) is 0 Å². The van der Waals surface area contributed by atoms with Crippen LogP contribution in [-0.4, -0.2) is 37.1 Å². The maximum absolute atomic E-state index is 3.57. The molecular weight excluding hydrogens is 184 g/mol. The molecule has 1 N–H and O–H groups in total. The van der Waals surface area contributed by atoms with Gasteiger partial charge >= 0.3 is 0 Å². The summed E-state index contributed by atoms with van der Waals surface area (Å²) in [6, 6.07) is 1.60. The van der Waals surface area contributed by atoms with Crippen LogP contribution in [0.4, 0.5) is 0 Å². The highest BCUT2D eigenvalue weighted by molar-refractivity contribution is 4.85. The largest absolute Gasteiger partial charge is 0.314 e. The number of hydrogen-bond donors (Lipinski definition) is 1. The van der Waals surface area contributed by atoms with E-state index in [1.807, 2.05) is 0 Å². The van der Waals surface area contributed by atoms with Gasteiger partial charge in [0, 0.05) is 18.6 Å². The molecule has 1 aliphatic rings. The Hall–Kier alpha value is -0.0800. The zero-order valence-corrected chi connectivity index (χ0v) is 10.9. The average Bonchev–Trinajstić information content (AvgIpc) is 2.67. The average molecular weight is 212 g/mol. The Balaban J connectivity index is 2.26. The molecule has 0 amide bonds. The molecular formula is C13H28N2. The molecule has 3 atom stereocenters. The van der Waals surface area contributed by atoms with Gasteiger partial charge in [0.1, 0.15) is 0 Å². The molecule has 0 heterocycles. The fourth-order valence-corrected chi connectivity index (χ4v) is 2.60. The van der Waals surface area contributed by atoms with Crippen LogP contribution in [0.15, 0.2) is 0 Å². The summed E-state index contributed by atoms with van der Waals surface area (Å²) in [7, 11) is 2.30. The van der Waals surface area contributed by atoms with E-state index in [0.717, 1.165) is 24.5 Å². The van der Waals surface area contributed by atoms with Gasteiger partial charge in [0.05, 0.1) is 0 Å². The zero-order chi connectivity index (χ0) is 11.3. The first-order valence-electron chi connectivity index (χ1n) is 6.60. The number of hydrogen-bond acceptors (Lipinski definition) is 2. The minimum Gasteiger partial charge on any atom is -0.314 e. The third-order valence-corrected chi connectivity index (χ3v) is 3.82. The van der Waals surface area contributed by atoms with Crippen molar-refractivity contribution >= 4 is 0 Å². The van der Waals surface area contributed by atoms with E-state index in [2.05, 4.69) is 38.0 Å². The Bertz CT molecular complexity index is 170. The number of rotatable bonds is 6. The molecule has 1 saturated carbocycles. The molecule has 0 aromatic carbocycles. The van der Waals surface area contributed by atoms with Crippen LogP contribution in [0.5, 0.6) is 0 Å². The van der Waals surface area contributed by atoms with Crippen molar-refractivity contribution in [3.8, 4) is 0 Å². The lowest BCUT2D eigenvalue weighted by Gasteiger charge is -2.27. The van der Waals surface area contributed by atoms with E-state index in [9.17, 15) is 0 Å². The smallest absolute Gasteiger partial charge is 0.0108 e. The molecule has 1 aliphatic carbocycles. The Morgan fingerprint density at radius 1 is 1.33 bits per heavy atom. The first-order valence-corrected chi connectivity index (χ1v) is 6.60. The summed E-state index contributed by atoms with van der Waals surface area (Å²) in [6.45, 7) is 9.23. The maximum atomic E-state index is 3.57. The molecule has 1 fully saturated rings. The van der Waals surface area contributed by atoms with E-state index in [1.54, 1.807) is 0 Å². The molecule has 2 nitrogen and oxygen atoms in total. The van der Waals surface area contributed by atoms with Gasteiger partial charge in [-0.1, -0.05) is 27.2 Å². The standard InChI is InChI=1S/C13H28N2/c1-5-11(3)10-15(4)13-8-7-12(9-13)14-6-2/h11-14H,5-10H2,1-4H3.